The van der Waals surface area contributed by atoms with E-state index in [4.69, 9.17) is 4.74 Å². The topological polar surface area (TPSA) is 9.23 Å². The Hall–Kier alpha value is -1.70. The number of ether oxygens (including phenoxy) is 1. The first-order valence-corrected chi connectivity index (χ1v) is 6.52. The highest BCUT2D eigenvalue weighted by molar-refractivity contribution is 6.70. The van der Waals surface area contributed by atoms with E-state index in [0.29, 0.717) is 6.71 Å². The monoisotopic (exact) mass is 238 g/mol. The number of para-hydroxylation sites is 1. The summed E-state index contributed by atoms with van der Waals surface area (Å²) in [6.45, 7) is 5.76. The molecule has 0 unspecified atom stereocenters. The Bertz CT molecular complexity index is 462. The van der Waals surface area contributed by atoms with Crippen LogP contribution in [0.15, 0.2) is 54.6 Å². The van der Waals surface area contributed by atoms with Crippen molar-refractivity contribution in [2.45, 2.75) is 20.1 Å². The molecule has 0 aliphatic rings. The van der Waals surface area contributed by atoms with Gasteiger partial charge in [-0.25, -0.2) is 0 Å². The molecule has 0 bridgehead atoms. The minimum atomic E-state index is 0.597. The zero-order valence-corrected chi connectivity index (χ0v) is 11.1. The Labute approximate surface area is 110 Å². The van der Waals surface area contributed by atoms with E-state index in [1.54, 1.807) is 0 Å². The number of hydrogen-bond donors (Lipinski definition) is 0. The molecule has 0 aliphatic carbocycles. The van der Waals surface area contributed by atoms with Crippen molar-refractivity contribution < 1.29 is 4.74 Å². The predicted molar refractivity (Wildman–Crippen MR) is 79.2 cm³/mol. The van der Waals surface area contributed by atoms with Crippen molar-refractivity contribution in [2.75, 3.05) is 6.61 Å². The molecule has 0 heterocycles. The standard InChI is InChI=1S/C16H19BO/c1-17(2)15-10-8-14(9-11-15)12-13-18-16-6-4-3-5-7-16/h3-11H,12-13H2,1-2H3. The summed E-state index contributed by atoms with van der Waals surface area (Å²) >= 11 is 0. The van der Waals surface area contributed by atoms with Crippen LogP contribution in [-0.2, 0) is 6.42 Å². The summed E-state index contributed by atoms with van der Waals surface area (Å²) in [6.07, 6.45) is 0.952. The smallest absolute Gasteiger partial charge is 0.169 e. The van der Waals surface area contributed by atoms with Crippen molar-refractivity contribution in [3.63, 3.8) is 0 Å². The molecule has 2 rings (SSSR count). The quantitative estimate of drug-likeness (QED) is 0.726. The van der Waals surface area contributed by atoms with E-state index >= 15 is 0 Å². The van der Waals surface area contributed by atoms with E-state index in [0.717, 1.165) is 18.8 Å². The first-order chi connectivity index (χ1) is 8.75. The van der Waals surface area contributed by atoms with Crippen LogP contribution in [0.2, 0.25) is 13.6 Å². The molecule has 0 radical (unpaired) electrons. The summed E-state index contributed by atoms with van der Waals surface area (Å²) in [5, 5.41) is 0. The van der Waals surface area contributed by atoms with Gasteiger partial charge in [0.05, 0.1) is 6.61 Å². The Kier molecular flexibility index (Phi) is 4.46. The molecule has 0 aromatic heterocycles. The minimum Gasteiger partial charge on any atom is -0.493 e. The Morgan fingerprint density at radius 3 is 2.17 bits per heavy atom. The van der Waals surface area contributed by atoms with Crippen molar-refractivity contribution in [1.29, 1.82) is 0 Å². The molecule has 0 N–H and O–H groups in total. The van der Waals surface area contributed by atoms with Crippen LogP contribution in [-0.4, -0.2) is 13.3 Å². The molecule has 0 atom stereocenters. The fraction of sp³-hybridized carbons (Fsp3) is 0.250. The Balaban J connectivity index is 1.83. The maximum Gasteiger partial charge on any atom is 0.169 e. The third-order valence-electron chi connectivity index (χ3n) is 3.05. The highest BCUT2D eigenvalue weighted by Crippen LogP contribution is 2.09. The van der Waals surface area contributed by atoms with E-state index in [9.17, 15) is 0 Å². The fourth-order valence-corrected chi connectivity index (χ4v) is 1.87. The van der Waals surface area contributed by atoms with Gasteiger partial charge in [0.25, 0.3) is 0 Å². The van der Waals surface area contributed by atoms with Gasteiger partial charge in [-0.15, -0.1) is 0 Å². The van der Waals surface area contributed by atoms with Gasteiger partial charge in [0.1, 0.15) is 5.75 Å². The molecule has 2 aromatic carbocycles. The second kappa shape index (κ2) is 6.30. The first-order valence-electron chi connectivity index (χ1n) is 6.52. The second-order valence-corrected chi connectivity index (χ2v) is 4.81. The Morgan fingerprint density at radius 1 is 0.889 bits per heavy atom. The van der Waals surface area contributed by atoms with Gasteiger partial charge in [0, 0.05) is 6.42 Å². The van der Waals surface area contributed by atoms with Crippen LogP contribution in [0.25, 0.3) is 0 Å². The number of benzene rings is 2. The highest BCUT2D eigenvalue weighted by atomic mass is 16.5. The first kappa shape index (κ1) is 12.8. The fourth-order valence-electron chi connectivity index (χ4n) is 1.87. The second-order valence-electron chi connectivity index (χ2n) is 4.81. The third kappa shape index (κ3) is 3.66. The highest BCUT2D eigenvalue weighted by Gasteiger charge is 2.02. The van der Waals surface area contributed by atoms with Gasteiger partial charge in [0.2, 0.25) is 0 Å². The van der Waals surface area contributed by atoms with Gasteiger partial charge < -0.3 is 4.74 Å². The molecule has 18 heavy (non-hydrogen) atoms. The molecule has 1 nitrogen and oxygen atoms in total. The summed E-state index contributed by atoms with van der Waals surface area (Å²) in [5.74, 6) is 0.941. The summed E-state index contributed by atoms with van der Waals surface area (Å²) in [4.78, 5) is 0. The number of rotatable bonds is 5. The van der Waals surface area contributed by atoms with Gasteiger partial charge >= 0.3 is 0 Å². The summed E-state index contributed by atoms with van der Waals surface area (Å²) in [6, 6.07) is 18.8. The minimum absolute atomic E-state index is 0.597. The van der Waals surface area contributed by atoms with Gasteiger partial charge in [-0.2, -0.15) is 0 Å². The maximum absolute atomic E-state index is 5.69. The normalized spacial score (nSPS) is 10.1. The van der Waals surface area contributed by atoms with Crippen LogP contribution in [0, 0.1) is 0 Å². The van der Waals surface area contributed by atoms with Crippen LogP contribution < -0.4 is 10.2 Å². The lowest BCUT2D eigenvalue weighted by Gasteiger charge is -2.07. The zero-order valence-electron chi connectivity index (χ0n) is 11.1. The van der Waals surface area contributed by atoms with Gasteiger partial charge in [-0.1, -0.05) is 61.6 Å². The molecule has 92 valence electrons. The van der Waals surface area contributed by atoms with E-state index in [-0.39, 0.29) is 0 Å². The van der Waals surface area contributed by atoms with Crippen molar-refractivity contribution in [3.8, 4) is 5.75 Å². The van der Waals surface area contributed by atoms with Crippen LogP contribution in [0.1, 0.15) is 5.56 Å². The third-order valence-corrected chi connectivity index (χ3v) is 3.05. The Morgan fingerprint density at radius 2 is 1.56 bits per heavy atom. The van der Waals surface area contributed by atoms with E-state index in [1.165, 1.54) is 11.0 Å². The molecule has 2 heteroatoms. The van der Waals surface area contributed by atoms with Crippen LogP contribution in [0.3, 0.4) is 0 Å². The van der Waals surface area contributed by atoms with Gasteiger partial charge in [-0.3, -0.25) is 0 Å². The molecule has 0 saturated heterocycles. The van der Waals surface area contributed by atoms with E-state index in [1.807, 2.05) is 30.3 Å². The molecule has 0 fully saturated rings. The predicted octanol–water partition coefficient (Wildman–Crippen LogP) is 3.27. The number of hydrogen-bond acceptors (Lipinski definition) is 1. The molecule has 0 amide bonds. The van der Waals surface area contributed by atoms with Gasteiger partial charge in [-0.05, 0) is 17.7 Å². The van der Waals surface area contributed by atoms with Gasteiger partial charge in [0.15, 0.2) is 6.71 Å². The van der Waals surface area contributed by atoms with E-state index < -0.39 is 0 Å². The SMILES string of the molecule is CB(C)c1ccc(CCOc2ccccc2)cc1. The van der Waals surface area contributed by atoms with Crippen LogP contribution in [0.4, 0.5) is 0 Å². The maximum atomic E-state index is 5.69. The molecule has 0 spiro atoms. The molecular formula is C16H19BO. The van der Waals surface area contributed by atoms with E-state index in [2.05, 4.69) is 37.9 Å². The van der Waals surface area contributed by atoms with Crippen molar-refractivity contribution in [2.24, 2.45) is 0 Å². The zero-order chi connectivity index (χ0) is 12.8. The summed E-state index contributed by atoms with van der Waals surface area (Å²) in [5.41, 5.74) is 2.72. The molecule has 2 aromatic rings. The van der Waals surface area contributed by atoms with Crippen molar-refractivity contribution in [1.82, 2.24) is 0 Å². The lowest BCUT2D eigenvalue weighted by molar-refractivity contribution is 0.322. The summed E-state index contributed by atoms with van der Waals surface area (Å²) < 4.78 is 5.69. The largest absolute Gasteiger partial charge is 0.493 e. The lowest BCUT2D eigenvalue weighted by atomic mass is 9.49. The average molecular weight is 238 g/mol. The lowest BCUT2D eigenvalue weighted by Crippen LogP contribution is -2.22. The van der Waals surface area contributed by atoms with Crippen molar-refractivity contribution in [3.05, 3.63) is 60.2 Å². The average Bonchev–Trinajstić information content (AvgIpc) is 2.40. The van der Waals surface area contributed by atoms with Crippen molar-refractivity contribution >= 4 is 12.2 Å². The molecular weight excluding hydrogens is 219 g/mol. The van der Waals surface area contributed by atoms with Crippen LogP contribution >= 0.6 is 0 Å². The molecule has 0 saturated carbocycles. The molecule has 0 aliphatic heterocycles. The summed E-state index contributed by atoms with van der Waals surface area (Å²) in [7, 11) is 0. The van der Waals surface area contributed by atoms with Crippen LogP contribution in [0.5, 0.6) is 5.75 Å².